The van der Waals surface area contributed by atoms with Gasteiger partial charge in [-0.25, -0.2) is 0 Å². The minimum atomic E-state index is 0.506. The molecule has 0 saturated heterocycles. The normalized spacial score (nSPS) is 11.5. The summed E-state index contributed by atoms with van der Waals surface area (Å²) in [6, 6.07) is 4.26. The lowest BCUT2D eigenvalue weighted by Crippen LogP contribution is -2.09. The summed E-state index contributed by atoms with van der Waals surface area (Å²) in [6.07, 6.45) is 0. The summed E-state index contributed by atoms with van der Waals surface area (Å²) in [4.78, 5) is 0. The van der Waals surface area contributed by atoms with Gasteiger partial charge in [-0.05, 0) is 43.1 Å². The second-order valence-electron chi connectivity index (χ2n) is 5.45. The molecule has 3 nitrogen and oxygen atoms in total. The highest BCUT2D eigenvalue weighted by Gasteiger charge is 2.19. The SMILES string of the molecule is CNCc1c(C(C)C)n(C)c2c(C)cc(OC)cc12. The molecule has 0 saturated carbocycles. The molecule has 1 heterocycles. The molecule has 0 aliphatic rings. The standard InChI is InChI=1S/C16H24N2O/c1-10(2)15-14(9-17-4)13-8-12(19-6)7-11(3)16(13)18(15)5/h7-8,10,17H,9H2,1-6H3. The minimum Gasteiger partial charge on any atom is -0.497 e. The lowest BCUT2D eigenvalue weighted by molar-refractivity contribution is 0.415. The van der Waals surface area contributed by atoms with Crippen LogP contribution < -0.4 is 10.1 Å². The Balaban J connectivity index is 2.84. The predicted octanol–water partition coefficient (Wildman–Crippen LogP) is 3.34. The number of rotatable bonds is 4. The van der Waals surface area contributed by atoms with Crippen molar-refractivity contribution in [2.45, 2.75) is 33.2 Å². The predicted molar refractivity (Wildman–Crippen MR) is 81.1 cm³/mol. The fourth-order valence-corrected chi connectivity index (χ4v) is 3.10. The number of aromatic nitrogens is 1. The van der Waals surface area contributed by atoms with E-state index in [1.165, 1.54) is 27.7 Å². The van der Waals surface area contributed by atoms with Gasteiger partial charge in [0, 0.05) is 24.7 Å². The first-order chi connectivity index (χ1) is 9.01. The number of fused-ring (bicyclic) bond motifs is 1. The zero-order valence-electron chi connectivity index (χ0n) is 12.8. The van der Waals surface area contributed by atoms with Crippen molar-refractivity contribution in [3.63, 3.8) is 0 Å². The summed E-state index contributed by atoms with van der Waals surface area (Å²) in [5, 5.41) is 4.59. The molecule has 1 aromatic heterocycles. The van der Waals surface area contributed by atoms with Crippen LogP contribution in [0.4, 0.5) is 0 Å². The molecule has 3 heteroatoms. The van der Waals surface area contributed by atoms with Gasteiger partial charge in [0.2, 0.25) is 0 Å². The molecule has 1 aromatic carbocycles. The first-order valence-electron chi connectivity index (χ1n) is 6.81. The van der Waals surface area contributed by atoms with Gasteiger partial charge < -0.3 is 14.6 Å². The van der Waals surface area contributed by atoms with E-state index in [4.69, 9.17) is 4.74 Å². The molecule has 0 atom stereocenters. The lowest BCUT2D eigenvalue weighted by atomic mass is 10.0. The molecule has 0 spiro atoms. The Morgan fingerprint density at radius 1 is 1.32 bits per heavy atom. The van der Waals surface area contributed by atoms with E-state index in [1.54, 1.807) is 7.11 Å². The van der Waals surface area contributed by atoms with Crippen LogP contribution in [0.25, 0.3) is 10.9 Å². The molecule has 0 fully saturated rings. The maximum atomic E-state index is 5.42. The fourth-order valence-electron chi connectivity index (χ4n) is 3.10. The zero-order valence-corrected chi connectivity index (χ0v) is 12.8. The van der Waals surface area contributed by atoms with Crippen LogP contribution in [0.1, 0.15) is 36.6 Å². The number of hydrogen-bond donors (Lipinski definition) is 1. The van der Waals surface area contributed by atoms with Gasteiger partial charge in [-0.2, -0.15) is 0 Å². The van der Waals surface area contributed by atoms with Crippen molar-refractivity contribution in [2.75, 3.05) is 14.2 Å². The Kier molecular flexibility index (Phi) is 3.85. The van der Waals surface area contributed by atoms with Crippen LogP contribution in [0.15, 0.2) is 12.1 Å². The number of aryl methyl sites for hydroxylation is 2. The van der Waals surface area contributed by atoms with E-state index in [0.717, 1.165) is 12.3 Å². The molecular formula is C16H24N2O. The monoisotopic (exact) mass is 260 g/mol. The van der Waals surface area contributed by atoms with E-state index in [2.05, 4.69) is 49.8 Å². The molecule has 0 bridgehead atoms. The minimum absolute atomic E-state index is 0.506. The molecule has 1 N–H and O–H groups in total. The smallest absolute Gasteiger partial charge is 0.119 e. The van der Waals surface area contributed by atoms with Crippen molar-refractivity contribution in [1.82, 2.24) is 9.88 Å². The van der Waals surface area contributed by atoms with Crippen LogP contribution in [-0.2, 0) is 13.6 Å². The third-order valence-electron chi connectivity index (χ3n) is 3.74. The van der Waals surface area contributed by atoms with Crippen molar-refractivity contribution >= 4 is 10.9 Å². The van der Waals surface area contributed by atoms with Gasteiger partial charge in [0.1, 0.15) is 5.75 Å². The van der Waals surface area contributed by atoms with E-state index in [9.17, 15) is 0 Å². The Bertz CT molecular complexity index is 597. The van der Waals surface area contributed by atoms with Gasteiger partial charge in [-0.3, -0.25) is 0 Å². The number of hydrogen-bond acceptors (Lipinski definition) is 2. The van der Waals surface area contributed by atoms with Crippen molar-refractivity contribution < 1.29 is 4.74 Å². The van der Waals surface area contributed by atoms with Crippen LogP contribution in [0.5, 0.6) is 5.75 Å². The highest BCUT2D eigenvalue weighted by atomic mass is 16.5. The van der Waals surface area contributed by atoms with Crippen molar-refractivity contribution in [3.05, 3.63) is 29.0 Å². The molecule has 0 amide bonds. The number of methoxy groups -OCH3 is 1. The molecule has 0 unspecified atom stereocenters. The molecule has 104 valence electrons. The third kappa shape index (κ3) is 2.23. The number of nitrogens with one attached hydrogen (secondary N) is 1. The number of nitrogens with zero attached hydrogens (tertiary/aromatic N) is 1. The molecule has 0 radical (unpaired) electrons. The largest absolute Gasteiger partial charge is 0.497 e. The summed E-state index contributed by atoms with van der Waals surface area (Å²) < 4.78 is 7.75. The van der Waals surface area contributed by atoms with Crippen LogP contribution in [-0.4, -0.2) is 18.7 Å². The maximum Gasteiger partial charge on any atom is 0.119 e. The van der Waals surface area contributed by atoms with E-state index < -0.39 is 0 Å². The second kappa shape index (κ2) is 5.25. The summed E-state index contributed by atoms with van der Waals surface area (Å²) in [5.41, 5.74) is 5.37. The maximum absolute atomic E-state index is 5.42. The van der Waals surface area contributed by atoms with Crippen LogP contribution in [0, 0.1) is 6.92 Å². The molecule has 0 aliphatic carbocycles. The van der Waals surface area contributed by atoms with Gasteiger partial charge in [0.15, 0.2) is 0 Å². The summed E-state index contributed by atoms with van der Waals surface area (Å²) in [7, 11) is 5.89. The summed E-state index contributed by atoms with van der Waals surface area (Å²) in [5.74, 6) is 1.44. The van der Waals surface area contributed by atoms with Gasteiger partial charge in [-0.1, -0.05) is 13.8 Å². The fraction of sp³-hybridized carbons (Fsp3) is 0.500. The van der Waals surface area contributed by atoms with Crippen LogP contribution >= 0.6 is 0 Å². The first-order valence-corrected chi connectivity index (χ1v) is 6.81. The second-order valence-corrected chi connectivity index (χ2v) is 5.45. The first kappa shape index (κ1) is 13.9. The Labute approximate surface area is 115 Å². The highest BCUT2D eigenvalue weighted by Crippen LogP contribution is 2.34. The zero-order chi connectivity index (χ0) is 14.2. The molecule has 19 heavy (non-hydrogen) atoms. The Hall–Kier alpha value is -1.48. The van der Waals surface area contributed by atoms with E-state index >= 15 is 0 Å². The van der Waals surface area contributed by atoms with Crippen molar-refractivity contribution in [3.8, 4) is 5.75 Å². The van der Waals surface area contributed by atoms with Crippen molar-refractivity contribution in [2.24, 2.45) is 7.05 Å². The molecular weight excluding hydrogens is 236 g/mol. The quantitative estimate of drug-likeness (QED) is 0.912. The van der Waals surface area contributed by atoms with E-state index in [1.807, 2.05) is 7.05 Å². The average molecular weight is 260 g/mol. The van der Waals surface area contributed by atoms with Gasteiger partial charge in [0.25, 0.3) is 0 Å². The van der Waals surface area contributed by atoms with Crippen molar-refractivity contribution in [1.29, 1.82) is 0 Å². The van der Waals surface area contributed by atoms with Gasteiger partial charge in [0.05, 0.1) is 12.6 Å². The summed E-state index contributed by atoms with van der Waals surface area (Å²) in [6.45, 7) is 7.54. The topological polar surface area (TPSA) is 26.2 Å². The van der Waals surface area contributed by atoms with Gasteiger partial charge in [-0.15, -0.1) is 0 Å². The van der Waals surface area contributed by atoms with E-state index in [-0.39, 0.29) is 0 Å². The Morgan fingerprint density at radius 2 is 2.00 bits per heavy atom. The molecule has 0 aliphatic heterocycles. The lowest BCUT2D eigenvalue weighted by Gasteiger charge is -2.11. The van der Waals surface area contributed by atoms with Gasteiger partial charge >= 0.3 is 0 Å². The third-order valence-corrected chi connectivity index (χ3v) is 3.74. The van der Waals surface area contributed by atoms with E-state index in [0.29, 0.717) is 5.92 Å². The number of benzene rings is 1. The van der Waals surface area contributed by atoms with Crippen LogP contribution in [0.2, 0.25) is 0 Å². The highest BCUT2D eigenvalue weighted by molar-refractivity contribution is 5.89. The molecule has 2 aromatic rings. The Morgan fingerprint density at radius 3 is 2.53 bits per heavy atom. The van der Waals surface area contributed by atoms with Crippen LogP contribution in [0.3, 0.4) is 0 Å². The average Bonchev–Trinajstić information content (AvgIpc) is 2.63. The molecule has 2 rings (SSSR count). The summed E-state index contributed by atoms with van der Waals surface area (Å²) >= 11 is 0. The number of ether oxygens (including phenoxy) is 1.